The van der Waals surface area contributed by atoms with Crippen LogP contribution in [0.5, 0.6) is 0 Å². The smallest absolute Gasteiger partial charge is 0.239 e. The molecule has 1 saturated carbocycles. The maximum absolute atomic E-state index is 12.6. The van der Waals surface area contributed by atoms with Gasteiger partial charge >= 0.3 is 0 Å². The fourth-order valence-corrected chi connectivity index (χ4v) is 3.70. The van der Waals surface area contributed by atoms with Crippen molar-refractivity contribution in [2.75, 3.05) is 31.1 Å². The third-order valence-corrected chi connectivity index (χ3v) is 5.06. The fraction of sp³-hybridized carbons (Fsp3) is 0.706. The summed E-state index contributed by atoms with van der Waals surface area (Å²) in [5.41, 5.74) is 6.20. The summed E-state index contributed by atoms with van der Waals surface area (Å²) >= 11 is 0. The summed E-state index contributed by atoms with van der Waals surface area (Å²) in [7, 11) is 0. The summed E-state index contributed by atoms with van der Waals surface area (Å²) in [6, 6.07) is 1.48. The van der Waals surface area contributed by atoms with E-state index in [-0.39, 0.29) is 24.4 Å². The molecule has 1 aromatic rings. The largest absolute Gasteiger partial charge is 0.338 e. The Kier molecular flexibility index (Phi) is 7.24. The van der Waals surface area contributed by atoms with E-state index in [0.29, 0.717) is 19.0 Å². The second kappa shape index (κ2) is 9.18. The lowest BCUT2D eigenvalue weighted by Gasteiger charge is -2.36. The number of piperazine rings is 1. The molecule has 3 rings (SSSR count). The van der Waals surface area contributed by atoms with E-state index in [1.54, 1.807) is 12.4 Å². The van der Waals surface area contributed by atoms with E-state index in [1.165, 1.54) is 32.1 Å². The molecule has 1 saturated heterocycles. The number of rotatable bonds is 4. The van der Waals surface area contributed by atoms with Crippen LogP contribution in [-0.2, 0) is 4.79 Å². The van der Waals surface area contributed by atoms with Gasteiger partial charge in [-0.15, -0.1) is 12.4 Å². The Balaban J connectivity index is 0.00000208. The Morgan fingerprint density at radius 3 is 2.38 bits per heavy atom. The Hall–Kier alpha value is -1.40. The van der Waals surface area contributed by atoms with Gasteiger partial charge in [0.15, 0.2) is 0 Å². The van der Waals surface area contributed by atoms with Crippen molar-refractivity contribution in [3.63, 3.8) is 0 Å². The van der Waals surface area contributed by atoms with Crippen LogP contribution in [0.25, 0.3) is 0 Å². The van der Waals surface area contributed by atoms with Gasteiger partial charge in [0.25, 0.3) is 0 Å². The van der Waals surface area contributed by atoms with Crippen molar-refractivity contribution in [2.24, 2.45) is 11.7 Å². The molecule has 24 heavy (non-hydrogen) atoms. The van der Waals surface area contributed by atoms with Gasteiger partial charge in [0.2, 0.25) is 11.9 Å². The van der Waals surface area contributed by atoms with Crippen molar-refractivity contribution in [1.29, 1.82) is 0 Å². The first-order chi connectivity index (χ1) is 11.2. The van der Waals surface area contributed by atoms with Crippen molar-refractivity contribution in [1.82, 2.24) is 14.9 Å². The Bertz CT molecular complexity index is 501. The number of aromatic nitrogens is 2. The van der Waals surface area contributed by atoms with Crippen molar-refractivity contribution in [2.45, 2.75) is 44.6 Å². The van der Waals surface area contributed by atoms with E-state index >= 15 is 0 Å². The van der Waals surface area contributed by atoms with Gasteiger partial charge in [0.1, 0.15) is 0 Å². The molecule has 0 spiro atoms. The molecule has 7 heteroatoms. The minimum Gasteiger partial charge on any atom is -0.338 e. The molecule has 1 aliphatic heterocycles. The molecule has 2 fully saturated rings. The standard InChI is InChI=1S/C17H27N5O.ClH/c18-15(13-14-5-2-1-3-6-14)16(23)21-9-11-22(12-10-21)17-19-7-4-8-20-17;/h4,7-8,14-15H,1-3,5-6,9-13,18H2;1H. The Morgan fingerprint density at radius 1 is 1.12 bits per heavy atom. The number of carbonyl (C=O) groups excluding carboxylic acids is 1. The first-order valence-electron chi connectivity index (χ1n) is 8.80. The van der Waals surface area contributed by atoms with Gasteiger partial charge in [-0.2, -0.15) is 0 Å². The van der Waals surface area contributed by atoms with Gasteiger partial charge in [-0.3, -0.25) is 4.79 Å². The quantitative estimate of drug-likeness (QED) is 0.894. The summed E-state index contributed by atoms with van der Waals surface area (Å²) in [6.45, 7) is 2.95. The van der Waals surface area contributed by atoms with E-state index in [4.69, 9.17) is 5.73 Å². The molecule has 6 nitrogen and oxygen atoms in total. The van der Waals surface area contributed by atoms with Crippen molar-refractivity contribution in [3.8, 4) is 0 Å². The maximum Gasteiger partial charge on any atom is 0.239 e. The third kappa shape index (κ3) is 4.80. The van der Waals surface area contributed by atoms with Crippen LogP contribution in [-0.4, -0.2) is 53.0 Å². The first-order valence-corrected chi connectivity index (χ1v) is 8.80. The van der Waals surface area contributed by atoms with Crippen molar-refractivity contribution < 1.29 is 4.79 Å². The van der Waals surface area contributed by atoms with Crippen LogP contribution >= 0.6 is 12.4 Å². The molecule has 0 aromatic carbocycles. The van der Waals surface area contributed by atoms with E-state index in [0.717, 1.165) is 25.5 Å². The lowest BCUT2D eigenvalue weighted by Crippen LogP contribution is -2.53. The van der Waals surface area contributed by atoms with Crippen LogP contribution in [0.1, 0.15) is 38.5 Å². The monoisotopic (exact) mass is 353 g/mol. The van der Waals surface area contributed by atoms with Gasteiger partial charge in [0.05, 0.1) is 6.04 Å². The lowest BCUT2D eigenvalue weighted by atomic mass is 9.84. The summed E-state index contributed by atoms with van der Waals surface area (Å²) in [5, 5.41) is 0. The summed E-state index contributed by atoms with van der Waals surface area (Å²) in [6.07, 6.45) is 10.7. The average molecular weight is 354 g/mol. The van der Waals surface area contributed by atoms with E-state index in [1.807, 2.05) is 11.0 Å². The summed E-state index contributed by atoms with van der Waals surface area (Å²) < 4.78 is 0. The topological polar surface area (TPSA) is 75.4 Å². The zero-order valence-corrected chi connectivity index (χ0v) is 15.0. The first kappa shape index (κ1) is 18.9. The zero-order chi connectivity index (χ0) is 16.1. The van der Waals surface area contributed by atoms with Gasteiger partial charge in [-0.25, -0.2) is 9.97 Å². The molecule has 2 aliphatic rings. The number of anilines is 1. The number of nitrogens with two attached hydrogens (primary N) is 1. The minimum absolute atomic E-state index is 0. The van der Waals surface area contributed by atoms with Crippen molar-refractivity contribution >= 4 is 24.3 Å². The average Bonchev–Trinajstić information content (AvgIpc) is 2.63. The molecule has 0 bridgehead atoms. The Labute approximate surface area is 150 Å². The number of nitrogens with zero attached hydrogens (tertiary/aromatic N) is 4. The van der Waals surface area contributed by atoms with Gasteiger partial charge in [0, 0.05) is 38.6 Å². The highest BCUT2D eigenvalue weighted by Gasteiger charge is 2.28. The minimum atomic E-state index is -0.336. The number of carbonyl (C=O) groups is 1. The van der Waals surface area contributed by atoms with Crippen LogP contribution in [0.3, 0.4) is 0 Å². The van der Waals surface area contributed by atoms with Crippen LogP contribution in [0, 0.1) is 5.92 Å². The van der Waals surface area contributed by atoms with E-state index < -0.39 is 0 Å². The number of hydrogen-bond acceptors (Lipinski definition) is 5. The molecule has 1 atom stereocenters. The highest BCUT2D eigenvalue weighted by atomic mass is 35.5. The van der Waals surface area contributed by atoms with Crippen molar-refractivity contribution in [3.05, 3.63) is 18.5 Å². The molecular weight excluding hydrogens is 326 g/mol. The maximum atomic E-state index is 12.6. The molecule has 1 amide bonds. The predicted molar refractivity (Wildman–Crippen MR) is 97.2 cm³/mol. The van der Waals surface area contributed by atoms with E-state index in [2.05, 4.69) is 14.9 Å². The molecule has 134 valence electrons. The van der Waals surface area contributed by atoms with Gasteiger partial charge < -0.3 is 15.5 Å². The van der Waals surface area contributed by atoms with Gasteiger partial charge in [-0.05, 0) is 18.4 Å². The highest BCUT2D eigenvalue weighted by Crippen LogP contribution is 2.27. The van der Waals surface area contributed by atoms with E-state index in [9.17, 15) is 4.79 Å². The fourth-order valence-electron chi connectivity index (χ4n) is 3.70. The normalized spacial score (nSPS) is 20.4. The highest BCUT2D eigenvalue weighted by molar-refractivity contribution is 5.85. The molecule has 1 aliphatic carbocycles. The van der Waals surface area contributed by atoms with Crippen LogP contribution < -0.4 is 10.6 Å². The number of amides is 1. The summed E-state index contributed by atoms with van der Waals surface area (Å²) in [4.78, 5) is 25.1. The SMILES string of the molecule is Cl.NC(CC1CCCCC1)C(=O)N1CCN(c2ncccn2)CC1. The second-order valence-corrected chi connectivity index (χ2v) is 6.71. The Morgan fingerprint density at radius 2 is 1.75 bits per heavy atom. The third-order valence-electron chi connectivity index (χ3n) is 5.06. The molecule has 2 heterocycles. The molecule has 2 N–H and O–H groups in total. The lowest BCUT2D eigenvalue weighted by molar-refractivity contribution is -0.133. The molecule has 1 unspecified atom stereocenters. The zero-order valence-electron chi connectivity index (χ0n) is 14.1. The second-order valence-electron chi connectivity index (χ2n) is 6.71. The molecular formula is C17H28ClN5O. The van der Waals surface area contributed by atoms with Gasteiger partial charge in [-0.1, -0.05) is 32.1 Å². The number of hydrogen-bond donors (Lipinski definition) is 1. The number of halogens is 1. The molecule has 1 aromatic heterocycles. The van der Waals surface area contributed by atoms with Crippen LogP contribution in [0.2, 0.25) is 0 Å². The molecule has 0 radical (unpaired) electrons. The van der Waals surface area contributed by atoms with Crippen LogP contribution in [0.15, 0.2) is 18.5 Å². The van der Waals surface area contributed by atoms with Crippen LogP contribution in [0.4, 0.5) is 5.95 Å². The predicted octanol–water partition coefficient (Wildman–Crippen LogP) is 1.84. The summed E-state index contributed by atoms with van der Waals surface area (Å²) in [5.74, 6) is 1.50.